The predicted octanol–water partition coefficient (Wildman–Crippen LogP) is 4.56. The highest BCUT2D eigenvalue weighted by Gasteiger charge is 2.25. The molecule has 26 heavy (non-hydrogen) atoms. The molecule has 0 saturated carbocycles. The first-order valence-corrected chi connectivity index (χ1v) is 9.66. The van der Waals surface area contributed by atoms with Crippen LogP contribution in [-0.2, 0) is 6.42 Å². The molecule has 0 atom stereocenters. The Morgan fingerprint density at radius 1 is 1.08 bits per heavy atom. The number of nitrogens with zero attached hydrogens (tertiary/aromatic N) is 1. The number of halogens is 1. The molecule has 2 aromatic carbocycles. The van der Waals surface area contributed by atoms with E-state index in [1.54, 1.807) is 26.4 Å². The van der Waals surface area contributed by atoms with Gasteiger partial charge in [-0.3, -0.25) is 4.79 Å². The van der Waals surface area contributed by atoms with Crippen LogP contribution in [0.2, 0.25) is 0 Å². The van der Waals surface area contributed by atoms with Crippen molar-refractivity contribution in [1.29, 1.82) is 0 Å². The second-order valence-corrected chi connectivity index (χ2v) is 7.41. The second kappa shape index (κ2) is 8.58. The van der Waals surface area contributed by atoms with Crippen LogP contribution in [0.3, 0.4) is 0 Å². The van der Waals surface area contributed by atoms with Gasteiger partial charge in [0.1, 0.15) is 16.0 Å². The van der Waals surface area contributed by atoms with Crippen LogP contribution in [0.5, 0.6) is 11.5 Å². The molecule has 1 heterocycles. The summed E-state index contributed by atoms with van der Waals surface area (Å²) >= 11 is 3.45. The number of benzene rings is 2. The van der Waals surface area contributed by atoms with E-state index in [1.807, 2.05) is 11.0 Å². The van der Waals surface area contributed by atoms with Crippen LogP contribution in [0.15, 0.2) is 46.9 Å². The molecule has 1 fully saturated rings. The molecule has 0 aromatic heterocycles. The summed E-state index contributed by atoms with van der Waals surface area (Å²) in [5.74, 6) is 1.88. The number of carbonyl (C=O) groups excluding carboxylic acids is 1. The first kappa shape index (κ1) is 18.8. The molecule has 0 N–H and O–H groups in total. The van der Waals surface area contributed by atoms with Crippen LogP contribution < -0.4 is 9.47 Å². The third-order valence-electron chi connectivity index (χ3n) is 4.96. The number of carbonyl (C=O) groups is 1. The van der Waals surface area contributed by atoms with Crippen LogP contribution in [0, 0.1) is 5.92 Å². The summed E-state index contributed by atoms with van der Waals surface area (Å²) in [6.07, 6.45) is 3.15. The number of likely N-dealkylation sites (tertiary alicyclic amines) is 1. The summed E-state index contributed by atoms with van der Waals surface area (Å²) in [5, 5.41) is 0. The average molecular weight is 418 g/mol. The Balaban J connectivity index is 1.65. The first-order valence-electron chi connectivity index (χ1n) is 8.87. The molecule has 1 saturated heterocycles. The molecule has 1 amide bonds. The fourth-order valence-corrected chi connectivity index (χ4v) is 4.02. The second-order valence-electron chi connectivity index (χ2n) is 6.62. The van der Waals surface area contributed by atoms with E-state index >= 15 is 0 Å². The molecule has 0 aliphatic carbocycles. The molecule has 138 valence electrons. The monoisotopic (exact) mass is 417 g/mol. The summed E-state index contributed by atoms with van der Waals surface area (Å²) in [7, 11) is 3.17. The van der Waals surface area contributed by atoms with Crippen LogP contribution >= 0.6 is 15.9 Å². The average Bonchev–Trinajstić information content (AvgIpc) is 2.69. The van der Waals surface area contributed by atoms with Gasteiger partial charge in [-0.2, -0.15) is 0 Å². The molecule has 0 unspecified atom stereocenters. The van der Waals surface area contributed by atoms with Crippen LogP contribution in [0.1, 0.15) is 28.8 Å². The van der Waals surface area contributed by atoms with E-state index in [-0.39, 0.29) is 5.91 Å². The van der Waals surface area contributed by atoms with Crippen molar-refractivity contribution in [1.82, 2.24) is 4.90 Å². The van der Waals surface area contributed by atoms with Crippen LogP contribution in [0.25, 0.3) is 0 Å². The largest absolute Gasteiger partial charge is 0.495 e. The van der Waals surface area contributed by atoms with Crippen molar-refractivity contribution in [3.05, 3.63) is 58.1 Å². The Bertz CT molecular complexity index is 730. The molecular formula is C21H24BrNO3. The molecule has 3 rings (SSSR count). The highest BCUT2D eigenvalue weighted by Crippen LogP contribution is 2.36. The summed E-state index contributed by atoms with van der Waals surface area (Å²) in [6.45, 7) is 1.58. The van der Waals surface area contributed by atoms with Gasteiger partial charge in [-0.25, -0.2) is 0 Å². The minimum Gasteiger partial charge on any atom is -0.495 e. The fourth-order valence-electron chi connectivity index (χ4n) is 3.46. The number of methoxy groups -OCH3 is 2. The quantitative estimate of drug-likeness (QED) is 0.715. The standard InChI is InChI=1S/C21H24BrNO3/c1-25-18-13-17(14-19(26-2)20(18)22)21(24)23-10-8-16(9-11-23)12-15-6-4-3-5-7-15/h3-7,13-14,16H,8-12H2,1-2H3. The van der Waals surface area contributed by atoms with E-state index in [0.717, 1.165) is 36.8 Å². The van der Waals surface area contributed by atoms with E-state index in [2.05, 4.69) is 40.2 Å². The summed E-state index contributed by atoms with van der Waals surface area (Å²) in [6, 6.07) is 14.1. The Morgan fingerprint density at radius 2 is 1.65 bits per heavy atom. The predicted molar refractivity (Wildman–Crippen MR) is 106 cm³/mol. The zero-order valence-corrected chi connectivity index (χ0v) is 16.8. The van der Waals surface area contributed by atoms with Gasteiger partial charge in [0.05, 0.1) is 14.2 Å². The SMILES string of the molecule is COc1cc(C(=O)N2CCC(Cc3ccccc3)CC2)cc(OC)c1Br. The fraction of sp³-hybridized carbons (Fsp3) is 0.381. The van der Waals surface area contributed by atoms with Gasteiger partial charge < -0.3 is 14.4 Å². The number of hydrogen-bond donors (Lipinski definition) is 0. The van der Waals surface area contributed by atoms with Gasteiger partial charge >= 0.3 is 0 Å². The minimum atomic E-state index is 0.0345. The maximum atomic E-state index is 12.9. The van der Waals surface area contributed by atoms with E-state index in [9.17, 15) is 4.79 Å². The highest BCUT2D eigenvalue weighted by molar-refractivity contribution is 9.10. The van der Waals surface area contributed by atoms with Gasteiger partial charge in [0.15, 0.2) is 0 Å². The van der Waals surface area contributed by atoms with Crippen molar-refractivity contribution >= 4 is 21.8 Å². The molecule has 2 aromatic rings. The van der Waals surface area contributed by atoms with Crippen LogP contribution in [-0.4, -0.2) is 38.1 Å². The summed E-state index contributed by atoms with van der Waals surface area (Å²) < 4.78 is 11.4. The van der Waals surface area contributed by atoms with E-state index in [1.165, 1.54) is 5.56 Å². The number of hydrogen-bond acceptors (Lipinski definition) is 3. The van der Waals surface area contributed by atoms with Crippen molar-refractivity contribution in [3.8, 4) is 11.5 Å². The zero-order valence-electron chi connectivity index (χ0n) is 15.2. The van der Waals surface area contributed by atoms with Crippen molar-refractivity contribution in [2.45, 2.75) is 19.3 Å². The third-order valence-corrected chi connectivity index (χ3v) is 5.74. The van der Waals surface area contributed by atoms with Crippen LogP contribution in [0.4, 0.5) is 0 Å². The Morgan fingerprint density at radius 3 is 2.19 bits per heavy atom. The third kappa shape index (κ3) is 4.21. The lowest BCUT2D eigenvalue weighted by Crippen LogP contribution is -2.38. The summed E-state index contributed by atoms with van der Waals surface area (Å²) in [4.78, 5) is 14.8. The van der Waals surface area contributed by atoms with Crippen molar-refractivity contribution in [2.75, 3.05) is 27.3 Å². The number of piperidine rings is 1. The summed E-state index contributed by atoms with van der Waals surface area (Å²) in [5.41, 5.74) is 1.98. The smallest absolute Gasteiger partial charge is 0.254 e. The Kier molecular flexibility index (Phi) is 6.20. The minimum absolute atomic E-state index is 0.0345. The van der Waals surface area contributed by atoms with Crippen molar-refractivity contribution in [3.63, 3.8) is 0 Å². The zero-order chi connectivity index (χ0) is 18.5. The first-order chi connectivity index (χ1) is 12.6. The Labute approximate surface area is 163 Å². The normalized spacial score (nSPS) is 15.0. The molecule has 0 radical (unpaired) electrons. The molecule has 0 spiro atoms. The number of ether oxygens (including phenoxy) is 2. The number of rotatable bonds is 5. The van der Waals surface area contributed by atoms with E-state index in [0.29, 0.717) is 23.0 Å². The molecule has 0 bridgehead atoms. The maximum Gasteiger partial charge on any atom is 0.254 e. The van der Waals surface area contributed by atoms with Gasteiger partial charge in [0.2, 0.25) is 0 Å². The van der Waals surface area contributed by atoms with Gasteiger partial charge in [0, 0.05) is 18.7 Å². The topological polar surface area (TPSA) is 38.8 Å². The molecular weight excluding hydrogens is 394 g/mol. The Hall–Kier alpha value is -2.01. The van der Waals surface area contributed by atoms with E-state index < -0.39 is 0 Å². The molecule has 1 aliphatic heterocycles. The maximum absolute atomic E-state index is 12.9. The van der Waals surface area contributed by atoms with Gasteiger partial charge in [-0.15, -0.1) is 0 Å². The van der Waals surface area contributed by atoms with Gasteiger partial charge in [-0.05, 0) is 58.8 Å². The van der Waals surface area contributed by atoms with Crippen molar-refractivity contribution in [2.24, 2.45) is 5.92 Å². The molecule has 1 aliphatic rings. The van der Waals surface area contributed by atoms with Gasteiger partial charge in [0.25, 0.3) is 5.91 Å². The van der Waals surface area contributed by atoms with Crippen molar-refractivity contribution < 1.29 is 14.3 Å². The lowest BCUT2D eigenvalue weighted by atomic mass is 9.90. The van der Waals surface area contributed by atoms with E-state index in [4.69, 9.17) is 9.47 Å². The number of amides is 1. The lowest BCUT2D eigenvalue weighted by molar-refractivity contribution is 0.0690. The highest BCUT2D eigenvalue weighted by atomic mass is 79.9. The molecule has 4 nitrogen and oxygen atoms in total. The lowest BCUT2D eigenvalue weighted by Gasteiger charge is -2.32. The molecule has 5 heteroatoms. The van der Waals surface area contributed by atoms with Gasteiger partial charge in [-0.1, -0.05) is 30.3 Å².